The summed E-state index contributed by atoms with van der Waals surface area (Å²) in [4.78, 5) is 13.4. The van der Waals surface area contributed by atoms with Crippen molar-refractivity contribution in [2.24, 2.45) is 5.73 Å². The maximum Gasteiger partial charge on any atom is 0.281 e. The maximum atomic E-state index is 11.9. The van der Waals surface area contributed by atoms with E-state index in [4.69, 9.17) is 5.73 Å². The molecule has 0 bridgehead atoms. The van der Waals surface area contributed by atoms with Gasteiger partial charge >= 0.3 is 0 Å². The van der Waals surface area contributed by atoms with Crippen molar-refractivity contribution in [1.29, 1.82) is 0 Å². The molecule has 0 aromatic rings. The second-order valence-corrected chi connectivity index (χ2v) is 6.89. The highest BCUT2D eigenvalue weighted by molar-refractivity contribution is 7.86. The molecule has 0 saturated carbocycles. The molecule has 7 nitrogen and oxygen atoms in total. The lowest BCUT2D eigenvalue weighted by atomic mass is 10.2. The number of carbonyl (C=O) groups is 1. The summed E-state index contributed by atoms with van der Waals surface area (Å²) in [5, 5.41) is 0. The van der Waals surface area contributed by atoms with Gasteiger partial charge in [-0.25, -0.2) is 0 Å². The van der Waals surface area contributed by atoms with Crippen LogP contribution in [0.15, 0.2) is 0 Å². The second kappa shape index (κ2) is 5.96. The van der Waals surface area contributed by atoms with Crippen molar-refractivity contribution in [1.82, 2.24) is 13.5 Å². The van der Waals surface area contributed by atoms with Gasteiger partial charge in [0, 0.05) is 52.7 Å². The molecule has 0 aliphatic carbocycles. The molecule has 0 aromatic heterocycles. The number of hydrogen-bond donors (Lipinski definition) is 1. The minimum atomic E-state index is -3.37. The van der Waals surface area contributed by atoms with Crippen LogP contribution < -0.4 is 5.73 Å². The van der Waals surface area contributed by atoms with Gasteiger partial charge in [0.2, 0.25) is 5.91 Å². The molecule has 0 radical (unpaired) electrons. The molecule has 1 fully saturated rings. The molecule has 1 saturated heterocycles. The van der Waals surface area contributed by atoms with Crippen LogP contribution in [0, 0.1) is 0 Å². The summed E-state index contributed by atoms with van der Waals surface area (Å²) in [7, 11) is -0.362. The van der Waals surface area contributed by atoms with Gasteiger partial charge in [-0.1, -0.05) is 0 Å². The number of hydrogen-bond acceptors (Lipinski definition) is 4. The molecule has 106 valence electrons. The Balaban J connectivity index is 2.54. The minimum Gasteiger partial charge on any atom is -0.340 e. The molecule has 1 heterocycles. The van der Waals surface area contributed by atoms with Gasteiger partial charge in [0.15, 0.2) is 0 Å². The predicted octanol–water partition coefficient (Wildman–Crippen LogP) is -1.33. The van der Waals surface area contributed by atoms with Crippen LogP contribution in [0.25, 0.3) is 0 Å². The summed E-state index contributed by atoms with van der Waals surface area (Å²) in [5.74, 6) is -0.00750. The van der Waals surface area contributed by atoms with E-state index in [9.17, 15) is 13.2 Å². The summed E-state index contributed by atoms with van der Waals surface area (Å²) >= 11 is 0. The molecule has 1 aliphatic heterocycles. The zero-order chi connectivity index (χ0) is 13.9. The lowest BCUT2D eigenvalue weighted by Crippen LogP contribution is -2.53. The first-order valence-electron chi connectivity index (χ1n) is 5.96. The lowest BCUT2D eigenvalue weighted by Gasteiger charge is -2.35. The summed E-state index contributed by atoms with van der Waals surface area (Å²) < 4.78 is 26.3. The number of rotatable bonds is 4. The zero-order valence-corrected chi connectivity index (χ0v) is 12.0. The molecule has 1 aliphatic rings. The van der Waals surface area contributed by atoms with E-state index in [0.29, 0.717) is 32.6 Å². The van der Waals surface area contributed by atoms with Crippen molar-refractivity contribution in [2.75, 3.05) is 40.3 Å². The average molecular weight is 278 g/mol. The van der Waals surface area contributed by atoms with Gasteiger partial charge < -0.3 is 10.6 Å². The Morgan fingerprint density at radius 1 is 1.28 bits per heavy atom. The van der Waals surface area contributed by atoms with E-state index in [1.165, 1.54) is 22.7 Å². The van der Waals surface area contributed by atoms with Crippen LogP contribution in [0.4, 0.5) is 0 Å². The Bertz CT molecular complexity index is 386. The number of amides is 1. The van der Waals surface area contributed by atoms with Crippen molar-refractivity contribution >= 4 is 16.1 Å². The highest BCUT2D eigenvalue weighted by atomic mass is 32.2. The first-order chi connectivity index (χ1) is 8.25. The van der Waals surface area contributed by atoms with Gasteiger partial charge in [0.1, 0.15) is 0 Å². The monoisotopic (exact) mass is 278 g/mol. The number of nitrogens with two attached hydrogens (primary N) is 1. The van der Waals surface area contributed by atoms with E-state index in [2.05, 4.69) is 0 Å². The van der Waals surface area contributed by atoms with Crippen molar-refractivity contribution in [2.45, 2.75) is 19.4 Å². The molecule has 0 spiro atoms. The Kier molecular flexibility index (Phi) is 5.09. The SMILES string of the molecule is CC(N)CC(=O)N1CCN(S(=O)(=O)N(C)C)CC1. The van der Waals surface area contributed by atoms with E-state index in [-0.39, 0.29) is 11.9 Å². The van der Waals surface area contributed by atoms with Gasteiger partial charge in [-0.2, -0.15) is 17.0 Å². The lowest BCUT2D eigenvalue weighted by molar-refractivity contribution is -0.132. The highest BCUT2D eigenvalue weighted by Gasteiger charge is 2.30. The van der Waals surface area contributed by atoms with E-state index in [1.807, 2.05) is 0 Å². The quantitative estimate of drug-likeness (QED) is 0.690. The Hall–Kier alpha value is -0.700. The molecule has 0 aromatic carbocycles. The van der Waals surface area contributed by atoms with Crippen molar-refractivity contribution in [3.63, 3.8) is 0 Å². The number of nitrogens with zero attached hydrogens (tertiary/aromatic N) is 3. The fourth-order valence-electron chi connectivity index (χ4n) is 1.80. The zero-order valence-electron chi connectivity index (χ0n) is 11.2. The topological polar surface area (TPSA) is 87.0 Å². The molecule has 2 N–H and O–H groups in total. The van der Waals surface area contributed by atoms with Crippen LogP contribution in [0.3, 0.4) is 0 Å². The third-order valence-corrected chi connectivity index (χ3v) is 4.82. The van der Waals surface area contributed by atoms with Crippen molar-refractivity contribution < 1.29 is 13.2 Å². The smallest absolute Gasteiger partial charge is 0.281 e. The van der Waals surface area contributed by atoms with E-state index < -0.39 is 10.2 Å². The Morgan fingerprint density at radius 2 is 1.78 bits per heavy atom. The standard InChI is InChI=1S/C10H22N4O3S/c1-9(11)8-10(15)13-4-6-14(7-5-13)18(16,17)12(2)3/h9H,4-8,11H2,1-3H3. The predicted molar refractivity (Wildman–Crippen MR) is 69.0 cm³/mol. The Morgan fingerprint density at radius 3 is 2.17 bits per heavy atom. The second-order valence-electron chi connectivity index (χ2n) is 4.75. The first kappa shape index (κ1) is 15.4. The number of piperazine rings is 1. The molecule has 1 unspecified atom stereocenters. The molecule has 8 heteroatoms. The molecular weight excluding hydrogens is 256 g/mol. The van der Waals surface area contributed by atoms with Crippen molar-refractivity contribution in [3.8, 4) is 0 Å². The molecule has 1 amide bonds. The highest BCUT2D eigenvalue weighted by Crippen LogP contribution is 2.10. The first-order valence-corrected chi connectivity index (χ1v) is 7.35. The van der Waals surface area contributed by atoms with Gasteiger partial charge in [0.25, 0.3) is 10.2 Å². The van der Waals surface area contributed by atoms with Gasteiger partial charge in [-0.05, 0) is 6.92 Å². The van der Waals surface area contributed by atoms with Crippen LogP contribution >= 0.6 is 0 Å². The van der Waals surface area contributed by atoms with Gasteiger partial charge in [-0.15, -0.1) is 0 Å². The fraction of sp³-hybridized carbons (Fsp3) is 0.900. The van der Waals surface area contributed by atoms with E-state index in [1.54, 1.807) is 11.8 Å². The third-order valence-electron chi connectivity index (χ3n) is 2.88. The molecule has 1 atom stereocenters. The summed E-state index contributed by atoms with van der Waals surface area (Å²) in [5.41, 5.74) is 5.58. The average Bonchev–Trinajstić information content (AvgIpc) is 2.28. The summed E-state index contributed by atoms with van der Waals surface area (Å²) in [6, 6.07) is -0.166. The Labute approximate surface area is 109 Å². The van der Waals surface area contributed by atoms with Crippen LogP contribution in [-0.2, 0) is 15.0 Å². The maximum absolute atomic E-state index is 11.9. The molecule has 18 heavy (non-hydrogen) atoms. The van der Waals surface area contributed by atoms with Crippen LogP contribution in [-0.4, -0.2) is 74.2 Å². The minimum absolute atomic E-state index is 0.00750. The van der Waals surface area contributed by atoms with Gasteiger partial charge in [-0.3, -0.25) is 4.79 Å². The van der Waals surface area contributed by atoms with Crippen LogP contribution in [0.5, 0.6) is 0 Å². The number of carbonyl (C=O) groups excluding carboxylic acids is 1. The summed E-state index contributed by atoms with van der Waals surface area (Å²) in [6.45, 7) is 3.32. The largest absolute Gasteiger partial charge is 0.340 e. The van der Waals surface area contributed by atoms with Crippen molar-refractivity contribution in [3.05, 3.63) is 0 Å². The van der Waals surface area contributed by atoms with E-state index in [0.717, 1.165) is 0 Å². The van der Waals surface area contributed by atoms with Gasteiger partial charge in [0.05, 0.1) is 0 Å². The summed E-state index contributed by atoms with van der Waals surface area (Å²) in [6.07, 6.45) is 0.306. The van der Waals surface area contributed by atoms with Crippen LogP contribution in [0.1, 0.15) is 13.3 Å². The van der Waals surface area contributed by atoms with E-state index >= 15 is 0 Å². The van der Waals surface area contributed by atoms with Crippen LogP contribution in [0.2, 0.25) is 0 Å². The fourth-order valence-corrected chi connectivity index (χ4v) is 2.89. The normalized spacial score (nSPS) is 20.2. The third kappa shape index (κ3) is 3.64. The molecular formula is C10H22N4O3S. The molecule has 1 rings (SSSR count).